The largest absolute Gasteiger partial charge is 0.337 e. The van der Waals surface area contributed by atoms with Crippen LogP contribution >= 0.6 is 23.2 Å². The number of hydrogen-bond acceptors (Lipinski definition) is 2. The van der Waals surface area contributed by atoms with Crippen molar-refractivity contribution in [3.05, 3.63) is 83.1 Å². The van der Waals surface area contributed by atoms with Gasteiger partial charge >= 0.3 is 0 Å². The maximum absolute atomic E-state index is 6.43. The van der Waals surface area contributed by atoms with E-state index in [-0.39, 0.29) is 0 Å². The molecule has 0 spiro atoms. The van der Waals surface area contributed by atoms with Crippen LogP contribution in [0.5, 0.6) is 0 Å². The first-order valence-corrected chi connectivity index (χ1v) is 8.49. The van der Waals surface area contributed by atoms with Crippen molar-refractivity contribution in [1.29, 1.82) is 0 Å². The van der Waals surface area contributed by atoms with Crippen LogP contribution in [0.4, 0.5) is 0 Å². The highest BCUT2D eigenvalue weighted by Crippen LogP contribution is 2.37. The maximum Gasteiger partial charge on any atom is 0.140 e. The number of halogens is 2. The zero-order chi connectivity index (χ0) is 17.2. The lowest BCUT2D eigenvalue weighted by atomic mass is 10.1. The van der Waals surface area contributed by atoms with Gasteiger partial charge in [0, 0.05) is 34.1 Å². The monoisotopic (exact) mass is 365 g/mol. The van der Waals surface area contributed by atoms with Gasteiger partial charge in [-0.2, -0.15) is 0 Å². The molecule has 1 N–H and O–H groups in total. The van der Waals surface area contributed by atoms with Crippen LogP contribution in [0.15, 0.2) is 73.1 Å². The summed E-state index contributed by atoms with van der Waals surface area (Å²) in [4.78, 5) is 12.4. The molecule has 3 nitrogen and oxygen atoms in total. The fraction of sp³-hybridized carbons (Fsp3) is 0. The molecule has 0 unspecified atom stereocenters. The molecule has 0 bridgehead atoms. The van der Waals surface area contributed by atoms with Gasteiger partial charge in [-0.15, -0.1) is 0 Å². The standard InChI is InChI=1S/C20H13Cl2N3/c21-15-8-9-16(17(22)11-15)19-18(13-5-2-1-3-6-13)24-20(25-19)14-7-4-10-23-12-14/h1-12H,(H,24,25). The van der Waals surface area contributed by atoms with E-state index in [0.29, 0.717) is 10.0 Å². The highest BCUT2D eigenvalue weighted by molar-refractivity contribution is 6.36. The fourth-order valence-corrected chi connectivity index (χ4v) is 3.21. The summed E-state index contributed by atoms with van der Waals surface area (Å²) >= 11 is 12.5. The van der Waals surface area contributed by atoms with Gasteiger partial charge in [-0.3, -0.25) is 4.98 Å². The van der Waals surface area contributed by atoms with Crippen molar-refractivity contribution < 1.29 is 0 Å². The first kappa shape index (κ1) is 15.9. The molecule has 0 atom stereocenters. The Morgan fingerprint density at radius 1 is 0.840 bits per heavy atom. The molecule has 2 aromatic carbocycles. The Morgan fingerprint density at radius 3 is 2.36 bits per heavy atom. The van der Waals surface area contributed by atoms with E-state index in [1.54, 1.807) is 18.5 Å². The number of benzene rings is 2. The maximum atomic E-state index is 6.43. The lowest BCUT2D eigenvalue weighted by Crippen LogP contribution is -1.85. The topological polar surface area (TPSA) is 41.6 Å². The van der Waals surface area contributed by atoms with Crippen molar-refractivity contribution in [2.45, 2.75) is 0 Å². The highest BCUT2D eigenvalue weighted by atomic mass is 35.5. The predicted molar refractivity (Wildman–Crippen MR) is 103 cm³/mol. The zero-order valence-corrected chi connectivity index (χ0v) is 14.6. The normalized spacial score (nSPS) is 10.8. The van der Waals surface area contributed by atoms with Crippen LogP contribution in [0.3, 0.4) is 0 Å². The Labute approximate surface area is 155 Å². The second-order valence-electron chi connectivity index (χ2n) is 5.54. The van der Waals surface area contributed by atoms with Crippen molar-refractivity contribution in [3.8, 4) is 33.9 Å². The lowest BCUT2D eigenvalue weighted by molar-refractivity contribution is 1.26. The van der Waals surface area contributed by atoms with Crippen LogP contribution in [-0.2, 0) is 0 Å². The summed E-state index contributed by atoms with van der Waals surface area (Å²) in [5, 5.41) is 1.17. The Balaban J connectivity index is 1.94. The third kappa shape index (κ3) is 3.16. The molecule has 0 saturated heterocycles. The van der Waals surface area contributed by atoms with Crippen molar-refractivity contribution in [1.82, 2.24) is 15.0 Å². The van der Waals surface area contributed by atoms with Crippen molar-refractivity contribution >= 4 is 23.2 Å². The van der Waals surface area contributed by atoms with Gasteiger partial charge in [0.15, 0.2) is 0 Å². The first-order chi connectivity index (χ1) is 12.2. The Kier molecular flexibility index (Phi) is 4.26. The number of nitrogens with zero attached hydrogens (tertiary/aromatic N) is 2. The number of pyridine rings is 1. The van der Waals surface area contributed by atoms with E-state index in [9.17, 15) is 0 Å². The Hall–Kier alpha value is -2.62. The number of rotatable bonds is 3. The highest BCUT2D eigenvalue weighted by Gasteiger charge is 2.17. The molecule has 4 rings (SSSR count). The molecule has 2 heterocycles. The quantitative estimate of drug-likeness (QED) is 0.475. The lowest BCUT2D eigenvalue weighted by Gasteiger charge is -2.06. The molecule has 0 aliphatic carbocycles. The van der Waals surface area contributed by atoms with E-state index in [0.717, 1.165) is 33.9 Å². The van der Waals surface area contributed by atoms with Crippen molar-refractivity contribution in [2.75, 3.05) is 0 Å². The molecule has 0 saturated carbocycles. The third-order valence-corrected chi connectivity index (χ3v) is 4.43. The van der Waals surface area contributed by atoms with E-state index in [4.69, 9.17) is 28.2 Å². The van der Waals surface area contributed by atoms with Crippen LogP contribution < -0.4 is 0 Å². The van der Waals surface area contributed by atoms with Crippen molar-refractivity contribution in [3.63, 3.8) is 0 Å². The number of H-pyrrole nitrogens is 1. The molecule has 0 aliphatic rings. The summed E-state index contributed by atoms with van der Waals surface area (Å²) in [7, 11) is 0. The smallest absolute Gasteiger partial charge is 0.140 e. The molecule has 0 amide bonds. The second-order valence-corrected chi connectivity index (χ2v) is 6.38. The van der Waals surface area contributed by atoms with Gasteiger partial charge < -0.3 is 4.98 Å². The van der Waals surface area contributed by atoms with Crippen LogP contribution in [-0.4, -0.2) is 15.0 Å². The molecule has 122 valence electrons. The van der Waals surface area contributed by atoms with Gasteiger partial charge in [0.2, 0.25) is 0 Å². The minimum absolute atomic E-state index is 0.575. The van der Waals surface area contributed by atoms with Crippen LogP contribution in [0.25, 0.3) is 33.9 Å². The van der Waals surface area contributed by atoms with Gasteiger partial charge in [0.1, 0.15) is 5.82 Å². The van der Waals surface area contributed by atoms with Gasteiger partial charge in [0.25, 0.3) is 0 Å². The molecule has 25 heavy (non-hydrogen) atoms. The SMILES string of the molecule is Clc1ccc(-c2[nH]c(-c3cccnc3)nc2-c2ccccc2)c(Cl)c1. The van der Waals surface area contributed by atoms with Crippen LogP contribution in [0.2, 0.25) is 10.0 Å². The molecule has 0 radical (unpaired) electrons. The van der Waals surface area contributed by atoms with Gasteiger partial charge in [-0.05, 0) is 30.3 Å². The summed E-state index contributed by atoms with van der Waals surface area (Å²) in [6.45, 7) is 0. The predicted octanol–water partition coefficient (Wildman–Crippen LogP) is 6.11. The van der Waals surface area contributed by atoms with Gasteiger partial charge in [-0.1, -0.05) is 53.5 Å². The van der Waals surface area contributed by atoms with Crippen LogP contribution in [0.1, 0.15) is 0 Å². The minimum atomic E-state index is 0.575. The Morgan fingerprint density at radius 2 is 1.64 bits per heavy atom. The molecule has 0 aliphatic heterocycles. The minimum Gasteiger partial charge on any atom is -0.337 e. The van der Waals surface area contributed by atoms with E-state index >= 15 is 0 Å². The second kappa shape index (κ2) is 6.71. The summed E-state index contributed by atoms with van der Waals surface area (Å²) in [6, 6.07) is 19.3. The molecule has 5 heteroatoms. The molecule has 2 aromatic heterocycles. The molecule has 0 fully saturated rings. The number of nitrogens with one attached hydrogen (secondary N) is 1. The molecular weight excluding hydrogens is 353 g/mol. The summed E-state index contributed by atoms with van der Waals surface area (Å²) < 4.78 is 0. The number of hydrogen-bond donors (Lipinski definition) is 1. The number of imidazole rings is 1. The summed E-state index contributed by atoms with van der Waals surface area (Å²) in [5.74, 6) is 0.743. The average molecular weight is 366 g/mol. The Bertz CT molecular complexity index is 1010. The van der Waals surface area contributed by atoms with E-state index < -0.39 is 0 Å². The third-order valence-electron chi connectivity index (χ3n) is 3.89. The molecule has 4 aromatic rings. The van der Waals surface area contributed by atoms with Crippen molar-refractivity contribution in [2.24, 2.45) is 0 Å². The number of aromatic nitrogens is 3. The van der Waals surface area contributed by atoms with Gasteiger partial charge in [0.05, 0.1) is 16.4 Å². The van der Waals surface area contributed by atoms with Gasteiger partial charge in [-0.25, -0.2) is 4.98 Å². The van der Waals surface area contributed by atoms with E-state index in [1.165, 1.54) is 0 Å². The van der Waals surface area contributed by atoms with E-state index in [2.05, 4.69) is 9.97 Å². The summed E-state index contributed by atoms with van der Waals surface area (Å²) in [5.41, 5.74) is 4.47. The fourth-order valence-electron chi connectivity index (χ4n) is 2.70. The molecular formula is C20H13Cl2N3. The average Bonchev–Trinajstić information content (AvgIpc) is 3.08. The summed E-state index contributed by atoms with van der Waals surface area (Å²) in [6.07, 6.45) is 3.52. The number of aromatic amines is 1. The van der Waals surface area contributed by atoms with Crippen LogP contribution in [0, 0.1) is 0 Å². The van der Waals surface area contributed by atoms with E-state index in [1.807, 2.05) is 54.6 Å². The first-order valence-electron chi connectivity index (χ1n) is 7.73. The zero-order valence-electron chi connectivity index (χ0n) is 13.1.